The highest BCUT2D eigenvalue weighted by Crippen LogP contribution is 2.10. The van der Waals surface area contributed by atoms with Crippen molar-refractivity contribution in [3.05, 3.63) is 35.9 Å². The topological polar surface area (TPSA) is 52.5 Å². The van der Waals surface area contributed by atoms with Crippen molar-refractivity contribution in [3.8, 4) is 0 Å². The average molecular weight is 237 g/mol. The lowest BCUT2D eigenvalue weighted by Gasteiger charge is -2.30. The second-order valence-corrected chi connectivity index (χ2v) is 5.11. The van der Waals surface area contributed by atoms with Gasteiger partial charge in [-0.2, -0.15) is 0 Å². The van der Waals surface area contributed by atoms with E-state index in [1.54, 1.807) is 13.8 Å². The van der Waals surface area contributed by atoms with Gasteiger partial charge in [0.2, 0.25) is 0 Å². The third-order valence-corrected chi connectivity index (χ3v) is 3.09. The molecule has 17 heavy (non-hydrogen) atoms. The third-order valence-electron chi connectivity index (χ3n) is 3.09. The predicted molar refractivity (Wildman–Crippen MR) is 69.9 cm³/mol. The van der Waals surface area contributed by atoms with Crippen molar-refractivity contribution >= 4 is 0 Å². The molecule has 0 radical (unpaired) electrons. The molecule has 1 aromatic carbocycles. The minimum atomic E-state index is -0.788. The monoisotopic (exact) mass is 237 g/mol. The van der Waals surface area contributed by atoms with Crippen LogP contribution in [0.15, 0.2) is 30.3 Å². The maximum atomic E-state index is 9.85. The van der Waals surface area contributed by atoms with Crippen LogP contribution in [0.4, 0.5) is 0 Å². The van der Waals surface area contributed by atoms with Crippen LogP contribution in [0.25, 0.3) is 0 Å². The molecule has 0 fully saturated rings. The Morgan fingerprint density at radius 3 is 2.29 bits per heavy atom. The standard InChI is InChI=1S/C14H23NO2/c1-11(14(2,3)17)15-13(10-16)9-12-7-5-4-6-8-12/h4-8,11,13,15-17H,9-10H2,1-3H3. The first kappa shape index (κ1) is 14.2. The Morgan fingerprint density at radius 2 is 1.82 bits per heavy atom. The van der Waals surface area contributed by atoms with Crippen molar-refractivity contribution in [2.24, 2.45) is 0 Å². The van der Waals surface area contributed by atoms with Gasteiger partial charge in [-0.1, -0.05) is 30.3 Å². The zero-order valence-corrected chi connectivity index (χ0v) is 10.9. The van der Waals surface area contributed by atoms with Crippen LogP contribution in [-0.2, 0) is 6.42 Å². The number of rotatable bonds is 6. The van der Waals surface area contributed by atoms with Crippen LogP contribution in [0.2, 0.25) is 0 Å². The second kappa shape index (κ2) is 6.15. The number of hydrogen-bond acceptors (Lipinski definition) is 3. The molecule has 1 aromatic rings. The normalized spacial score (nSPS) is 15.6. The van der Waals surface area contributed by atoms with Gasteiger partial charge in [-0.3, -0.25) is 0 Å². The lowest BCUT2D eigenvalue weighted by atomic mass is 9.98. The summed E-state index contributed by atoms with van der Waals surface area (Å²) in [5.74, 6) is 0. The number of hydrogen-bond donors (Lipinski definition) is 3. The molecule has 0 saturated heterocycles. The van der Waals surface area contributed by atoms with Crippen molar-refractivity contribution in [2.45, 2.75) is 44.9 Å². The van der Waals surface area contributed by atoms with Crippen molar-refractivity contribution in [1.29, 1.82) is 0 Å². The SMILES string of the molecule is CC(NC(CO)Cc1ccccc1)C(C)(C)O. The molecule has 3 N–H and O–H groups in total. The number of benzene rings is 1. The van der Waals surface area contributed by atoms with Crippen molar-refractivity contribution < 1.29 is 10.2 Å². The van der Waals surface area contributed by atoms with E-state index >= 15 is 0 Å². The highest BCUT2D eigenvalue weighted by Gasteiger charge is 2.24. The fraction of sp³-hybridized carbons (Fsp3) is 0.571. The number of aliphatic hydroxyl groups excluding tert-OH is 1. The van der Waals surface area contributed by atoms with E-state index in [1.165, 1.54) is 5.56 Å². The summed E-state index contributed by atoms with van der Waals surface area (Å²) in [5, 5.41) is 22.5. The average Bonchev–Trinajstić information content (AvgIpc) is 2.28. The smallest absolute Gasteiger partial charge is 0.0741 e. The molecule has 0 bridgehead atoms. The van der Waals surface area contributed by atoms with Crippen LogP contribution < -0.4 is 5.32 Å². The Bertz CT molecular complexity index is 319. The molecule has 2 atom stereocenters. The molecule has 1 rings (SSSR count). The first-order chi connectivity index (χ1) is 7.93. The van der Waals surface area contributed by atoms with E-state index in [2.05, 4.69) is 5.32 Å². The van der Waals surface area contributed by atoms with Gasteiger partial charge in [-0.15, -0.1) is 0 Å². The summed E-state index contributed by atoms with van der Waals surface area (Å²) >= 11 is 0. The van der Waals surface area contributed by atoms with E-state index < -0.39 is 5.60 Å². The number of nitrogens with one attached hydrogen (secondary N) is 1. The highest BCUT2D eigenvalue weighted by atomic mass is 16.3. The summed E-state index contributed by atoms with van der Waals surface area (Å²) in [4.78, 5) is 0. The van der Waals surface area contributed by atoms with Crippen LogP contribution in [0.3, 0.4) is 0 Å². The summed E-state index contributed by atoms with van der Waals surface area (Å²) in [6.07, 6.45) is 0.762. The molecule has 3 nitrogen and oxygen atoms in total. The maximum absolute atomic E-state index is 9.85. The maximum Gasteiger partial charge on any atom is 0.0741 e. The molecule has 0 aromatic heterocycles. The molecule has 0 spiro atoms. The van der Waals surface area contributed by atoms with Gasteiger partial charge < -0.3 is 15.5 Å². The van der Waals surface area contributed by atoms with Gasteiger partial charge >= 0.3 is 0 Å². The van der Waals surface area contributed by atoms with Gasteiger partial charge in [0.05, 0.1) is 12.2 Å². The summed E-state index contributed by atoms with van der Waals surface area (Å²) in [6.45, 7) is 5.52. The first-order valence-electron chi connectivity index (χ1n) is 6.06. The van der Waals surface area contributed by atoms with Crippen LogP contribution >= 0.6 is 0 Å². The molecular weight excluding hydrogens is 214 g/mol. The fourth-order valence-electron chi connectivity index (χ4n) is 1.63. The molecule has 96 valence electrons. The van der Waals surface area contributed by atoms with E-state index in [0.717, 1.165) is 6.42 Å². The van der Waals surface area contributed by atoms with Crippen molar-refractivity contribution in [1.82, 2.24) is 5.32 Å². The van der Waals surface area contributed by atoms with Crippen LogP contribution in [0, 0.1) is 0 Å². The molecule has 0 saturated carbocycles. The van der Waals surface area contributed by atoms with Crippen LogP contribution in [0.5, 0.6) is 0 Å². The van der Waals surface area contributed by atoms with Gasteiger partial charge in [-0.25, -0.2) is 0 Å². The molecule has 0 aliphatic rings. The van der Waals surface area contributed by atoms with E-state index in [-0.39, 0.29) is 18.7 Å². The molecule has 0 amide bonds. The van der Waals surface area contributed by atoms with E-state index in [0.29, 0.717) is 0 Å². The lowest BCUT2D eigenvalue weighted by Crippen LogP contribution is -2.50. The quantitative estimate of drug-likeness (QED) is 0.700. The minimum Gasteiger partial charge on any atom is -0.395 e. The van der Waals surface area contributed by atoms with Crippen molar-refractivity contribution in [2.75, 3.05) is 6.61 Å². The third kappa shape index (κ3) is 4.86. The molecule has 0 aliphatic carbocycles. The van der Waals surface area contributed by atoms with Crippen LogP contribution in [0.1, 0.15) is 26.3 Å². The van der Waals surface area contributed by atoms with E-state index in [4.69, 9.17) is 0 Å². The van der Waals surface area contributed by atoms with Crippen LogP contribution in [-0.4, -0.2) is 34.5 Å². The first-order valence-corrected chi connectivity index (χ1v) is 6.06. The fourth-order valence-corrected chi connectivity index (χ4v) is 1.63. The Balaban J connectivity index is 2.55. The van der Waals surface area contributed by atoms with Gasteiger partial charge in [0.1, 0.15) is 0 Å². The summed E-state index contributed by atoms with van der Waals surface area (Å²) in [6, 6.07) is 9.94. The minimum absolute atomic E-state index is 0.0289. The Kier molecular flexibility index (Phi) is 5.12. The summed E-state index contributed by atoms with van der Waals surface area (Å²) in [7, 11) is 0. The Labute approximate surface area is 103 Å². The van der Waals surface area contributed by atoms with E-state index in [1.807, 2.05) is 37.3 Å². The zero-order valence-electron chi connectivity index (χ0n) is 10.9. The molecule has 3 heteroatoms. The number of aliphatic hydroxyl groups is 2. The summed E-state index contributed by atoms with van der Waals surface area (Å²) in [5.41, 5.74) is 0.395. The molecular formula is C14H23NO2. The van der Waals surface area contributed by atoms with E-state index in [9.17, 15) is 10.2 Å². The van der Waals surface area contributed by atoms with Gasteiger partial charge in [0.25, 0.3) is 0 Å². The highest BCUT2D eigenvalue weighted by molar-refractivity contribution is 5.16. The Morgan fingerprint density at radius 1 is 1.24 bits per heavy atom. The second-order valence-electron chi connectivity index (χ2n) is 5.11. The van der Waals surface area contributed by atoms with Gasteiger partial charge in [0, 0.05) is 12.1 Å². The lowest BCUT2D eigenvalue weighted by molar-refractivity contribution is 0.0362. The molecule has 0 heterocycles. The molecule has 0 aliphatic heterocycles. The molecule has 2 unspecified atom stereocenters. The summed E-state index contributed by atoms with van der Waals surface area (Å²) < 4.78 is 0. The predicted octanol–water partition coefficient (Wildman–Crippen LogP) is 1.34. The van der Waals surface area contributed by atoms with Gasteiger partial charge in [0.15, 0.2) is 0 Å². The Hall–Kier alpha value is -0.900. The van der Waals surface area contributed by atoms with Crippen molar-refractivity contribution in [3.63, 3.8) is 0 Å². The largest absolute Gasteiger partial charge is 0.395 e. The van der Waals surface area contributed by atoms with Gasteiger partial charge in [-0.05, 0) is 32.8 Å². The zero-order chi connectivity index (χ0) is 12.9.